The fraction of sp³-hybridized carbons (Fsp3) is 0.727. The van der Waals surface area contributed by atoms with Gasteiger partial charge in [0, 0.05) is 0 Å². The first kappa shape index (κ1) is 15.5. The van der Waals surface area contributed by atoms with E-state index in [1.807, 2.05) is 6.07 Å². The second kappa shape index (κ2) is 4.55. The van der Waals surface area contributed by atoms with Gasteiger partial charge < -0.3 is 5.11 Å². The zero-order valence-corrected chi connectivity index (χ0v) is 15.4. The molecule has 0 saturated heterocycles. The van der Waals surface area contributed by atoms with E-state index in [4.69, 9.17) is 0 Å². The Morgan fingerprint density at radius 1 is 1.00 bits per heavy atom. The fourth-order valence-electron chi connectivity index (χ4n) is 6.56. The molecule has 0 aliphatic heterocycles. The third kappa shape index (κ3) is 1.98. The number of phenolic OH excluding ortho intramolecular Hbond substituents is 1. The molecule has 1 aromatic carbocycles. The Hall–Kier alpha value is -0.980. The van der Waals surface area contributed by atoms with Crippen molar-refractivity contribution in [3.8, 4) is 5.75 Å². The fourth-order valence-corrected chi connectivity index (χ4v) is 6.56. The molecule has 3 aliphatic carbocycles. The zero-order chi connectivity index (χ0) is 16.6. The number of hydrogen-bond donors (Lipinski definition) is 1. The van der Waals surface area contributed by atoms with Crippen LogP contribution in [0.15, 0.2) is 18.2 Å². The van der Waals surface area contributed by atoms with Crippen molar-refractivity contribution in [3.05, 3.63) is 29.3 Å². The molecule has 1 nitrogen and oxygen atoms in total. The molecule has 4 atom stereocenters. The summed E-state index contributed by atoms with van der Waals surface area (Å²) in [4.78, 5) is 0. The summed E-state index contributed by atoms with van der Waals surface area (Å²) in [6, 6.07) is 6.17. The van der Waals surface area contributed by atoms with Crippen LogP contribution in [0.3, 0.4) is 0 Å². The Morgan fingerprint density at radius 3 is 2.48 bits per heavy atom. The summed E-state index contributed by atoms with van der Waals surface area (Å²) in [5.41, 5.74) is 4.20. The van der Waals surface area contributed by atoms with E-state index in [1.54, 1.807) is 0 Å². The molecule has 1 N–H and O–H groups in total. The Bertz CT molecular complexity index is 641. The molecule has 0 amide bonds. The van der Waals surface area contributed by atoms with E-state index in [-0.39, 0.29) is 0 Å². The lowest BCUT2D eigenvalue weighted by Gasteiger charge is -2.66. The molecule has 4 rings (SSSR count). The summed E-state index contributed by atoms with van der Waals surface area (Å²) in [6.45, 7) is 12.6. The van der Waals surface area contributed by atoms with Gasteiger partial charge in [0.2, 0.25) is 0 Å². The van der Waals surface area contributed by atoms with Crippen LogP contribution in [0.1, 0.15) is 77.3 Å². The predicted molar refractivity (Wildman–Crippen MR) is 95.7 cm³/mol. The van der Waals surface area contributed by atoms with Gasteiger partial charge in [-0.2, -0.15) is 0 Å². The third-order valence-electron chi connectivity index (χ3n) is 8.42. The molecule has 3 aliphatic rings. The van der Waals surface area contributed by atoms with Crippen LogP contribution < -0.4 is 0 Å². The normalized spacial score (nSPS) is 40.1. The molecule has 0 bridgehead atoms. The standard InChI is InChI=1S/C22H32O/c1-20(2)10-8-16-17-12-15(23)7-6-14(17)13-22(5)19(16)18(20)9-11-21(22,3)4/h6-7,12,16,18-19,23H,8-11,13H2,1-5H3/t16-,18-,19+,22+/m1/s1. The lowest BCUT2D eigenvalue weighted by molar-refractivity contribution is -0.133. The van der Waals surface area contributed by atoms with E-state index in [0.29, 0.717) is 27.9 Å². The van der Waals surface area contributed by atoms with Crippen LogP contribution in [0.4, 0.5) is 0 Å². The molecule has 0 aromatic heterocycles. The summed E-state index contributed by atoms with van der Waals surface area (Å²) >= 11 is 0. The number of fused-ring (bicyclic) bond motifs is 2. The highest BCUT2D eigenvalue weighted by Crippen LogP contribution is 2.69. The monoisotopic (exact) mass is 312 g/mol. The Balaban J connectivity index is 1.91. The average molecular weight is 312 g/mol. The van der Waals surface area contributed by atoms with Crippen molar-refractivity contribution in [3.63, 3.8) is 0 Å². The second-order valence-electron chi connectivity index (χ2n) is 10.2. The molecule has 126 valence electrons. The van der Waals surface area contributed by atoms with E-state index in [2.05, 4.69) is 46.8 Å². The number of aromatic hydroxyl groups is 1. The van der Waals surface area contributed by atoms with Gasteiger partial charge in [0.05, 0.1) is 0 Å². The smallest absolute Gasteiger partial charge is 0.115 e. The first-order valence-corrected chi connectivity index (χ1v) is 9.48. The van der Waals surface area contributed by atoms with Crippen LogP contribution in [0, 0.1) is 28.1 Å². The molecule has 1 aromatic rings. The third-order valence-corrected chi connectivity index (χ3v) is 8.42. The van der Waals surface area contributed by atoms with Gasteiger partial charge in [-0.05, 0) is 89.4 Å². The average Bonchev–Trinajstić information content (AvgIpc) is 2.45. The maximum atomic E-state index is 10.1. The van der Waals surface area contributed by atoms with E-state index >= 15 is 0 Å². The van der Waals surface area contributed by atoms with Gasteiger partial charge in [-0.3, -0.25) is 0 Å². The van der Waals surface area contributed by atoms with Crippen LogP contribution in [-0.4, -0.2) is 5.11 Å². The van der Waals surface area contributed by atoms with Crippen molar-refractivity contribution in [1.29, 1.82) is 0 Å². The summed E-state index contributed by atoms with van der Waals surface area (Å²) in [7, 11) is 0. The molecular weight excluding hydrogens is 280 g/mol. The van der Waals surface area contributed by atoms with E-state index in [9.17, 15) is 5.11 Å². The van der Waals surface area contributed by atoms with Crippen molar-refractivity contribution < 1.29 is 5.11 Å². The van der Waals surface area contributed by atoms with Crippen molar-refractivity contribution >= 4 is 0 Å². The minimum absolute atomic E-state index is 0.377. The van der Waals surface area contributed by atoms with Crippen LogP contribution in [0.25, 0.3) is 0 Å². The molecule has 23 heavy (non-hydrogen) atoms. The van der Waals surface area contributed by atoms with Gasteiger partial charge in [0.25, 0.3) is 0 Å². The largest absolute Gasteiger partial charge is 0.508 e. The van der Waals surface area contributed by atoms with Crippen molar-refractivity contribution in [1.82, 2.24) is 0 Å². The molecule has 0 radical (unpaired) electrons. The molecule has 0 unspecified atom stereocenters. The predicted octanol–water partition coefficient (Wildman–Crippen LogP) is 5.91. The van der Waals surface area contributed by atoms with Gasteiger partial charge in [-0.1, -0.05) is 40.7 Å². The molecule has 2 fully saturated rings. The van der Waals surface area contributed by atoms with E-state index in [1.165, 1.54) is 43.2 Å². The first-order valence-electron chi connectivity index (χ1n) is 9.48. The van der Waals surface area contributed by atoms with Crippen molar-refractivity contribution in [2.75, 3.05) is 0 Å². The molecule has 2 saturated carbocycles. The minimum Gasteiger partial charge on any atom is -0.508 e. The number of phenols is 1. The molecule has 0 heterocycles. The number of hydrogen-bond acceptors (Lipinski definition) is 1. The zero-order valence-electron chi connectivity index (χ0n) is 15.4. The van der Waals surface area contributed by atoms with Gasteiger partial charge in [0.1, 0.15) is 5.75 Å². The Morgan fingerprint density at radius 2 is 1.74 bits per heavy atom. The summed E-state index contributed by atoms with van der Waals surface area (Å²) in [5, 5.41) is 10.1. The number of benzene rings is 1. The van der Waals surface area contributed by atoms with Crippen LogP contribution >= 0.6 is 0 Å². The van der Waals surface area contributed by atoms with Crippen molar-refractivity contribution in [2.24, 2.45) is 28.1 Å². The van der Waals surface area contributed by atoms with Gasteiger partial charge in [-0.15, -0.1) is 0 Å². The van der Waals surface area contributed by atoms with Crippen LogP contribution in [-0.2, 0) is 6.42 Å². The van der Waals surface area contributed by atoms with Gasteiger partial charge in [0.15, 0.2) is 0 Å². The second-order valence-corrected chi connectivity index (χ2v) is 10.2. The van der Waals surface area contributed by atoms with E-state index in [0.717, 1.165) is 11.8 Å². The van der Waals surface area contributed by atoms with E-state index < -0.39 is 0 Å². The molecule has 0 spiro atoms. The Kier molecular flexibility index (Phi) is 3.08. The highest BCUT2D eigenvalue weighted by molar-refractivity contribution is 5.42. The molecular formula is C22H32O. The SMILES string of the molecule is CC1(C)CC[C@@H]2c3cc(O)ccc3C[C@@]3(C)[C@@H]2[C@H]1CCC3(C)C. The topological polar surface area (TPSA) is 20.2 Å². The maximum Gasteiger partial charge on any atom is 0.115 e. The van der Waals surface area contributed by atoms with Gasteiger partial charge >= 0.3 is 0 Å². The minimum atomic E-state index is 0.377. The quantitative estimate of drug-likeness (QED) is 0.631. The highest BCUT2D eigenvalue weighted by atomic mass is 16.3. The summed E-state index contributed by atoms with van der Waals surface area (Å²) in [5.74, 6) is 2.69. The van der Waals surface area contributed by atoms with Crippen molar-refractivity contribution in [2.45, 2.75) is 72.6 Å². The lowest BCUT2D eigenvalue weighted by atomic mass is 9.39. The summed E-state index contributed by atoms with van der Waals surface area (Å²) < 4.78 is 0. The lowest BCUT2D eigenvalue weighted by Crippen LogP contribution is -2.58. The maximum absolute atomic E-state index is 10.1. The first-order chi connectivity index (χ1) is 10.7. The molecule has 1 heteroatoms. The van der Waals surface area contributed by atoms with Crippen LogP contribution in [0.2, 0.25) is 0 Å². The van der Waals surface area contributed by atoms with Crippen LogP contribution in [0.5, 0.6) is 5.75 Å². The number of rotatable bonds is 0. The Labute approximate surface area is 141 Å². The summed E-state index contributed by atoms with van der Waals surface area (Å²) in [6.07, 6.45) is 6.53. The highest BCUT2D eigenvalue weighted by Gasteiger charge is 2.61. The van der Waals surface area contributed by atoms with Gasteiger partial charge in [-0.25, -0.2) is 0 Å².